The van der Waals surface area contributed by atoms with Crippen molar-refractivity contribution in [3.05, 3.63) is 29.8 Å². The zero-order valence-electron chi connectivity index (χ0n) is 13.7. The molecule has 1 aromatic rings. The van der Waals surface area contributed by atoms with Crippen LogP contribution < -0.4 is 10.6 Å². The second kappa shape index (κ2) is 7.89. The van der Waals surface area contributed by atoms with Crippen molar-refractivity contribution < 1.29 is 13.2 Å². The summed E-state index contributed by atoms with van der Waals surface area (Å²) in [5, 5.41) is 5.80. The minimum atomic E-state index is -3.13. The molecule has 1 atom stereocenters. The van der Waals surface area contributed by atoms with Gasteiger partial charge < -0.3 is 5.32 Å². The fourth-order valence-electron chi connectivity index (χ4n) is 3.31. The van der Waals surface area contributed by atoms with Gasteiger partial charge in [-0.15, -0.1) is 11.8 Å². The maximum atomic E-state index is 12.6. The van der Waals surface area contributed by atoms with Crippen LogP contribution in [0, 0.1) is 0 Å². The minimum absolute atomic E-state index is 0.0545. The van der Waals surface area contributed by atoms with Gasteiger partial charge in [-0.25, -0.2) is 8.42 Å². The summed E-state index contributed by atoms with van der Waals surface area (Å²) < 4.78 is 25.2. The summed E-state index contributed by atoms with van der Waals surface area (Å²) >= 11 is 1.70. The van der Waals surface area contributed by atoms with Crippen LogP contribution in [-0.2, 0) is 20.4 Å². The molecule has 1 aliphatic carbocycles. The standard InChI is InChI=1S/C17H24N2O3S2/c20-17(16-10-23-12-18-16)19-14-6-4-5-13(9-14)11-24(21,22)15-7-2-1-3-8-15/h4-6,9,15-16,18H,1-3,7-8,10-12H2,(H,19,20). The van der Waals surface area contributed by atoms with E-state index in [2.05, 4.69) is 10.6 Å². The predicted octanol–water partition coefficient (Wildman–Crippen LogP) is 2.54. The molecule has 1 heterocycles. The molecule has 7 heteroatoms. The summed E-state index contributed by atoms with van der Waals surface area (Å²) in [5.74, 6) is 1.55. The summed E-state index contributed by atoms with van der Waals surface area (Å²) in [6.07, 6.45) is 4.72. The third-order valence-electron chi connectivity index (χ3n) is 4.66. The van der Waals surface area contributed by atoms with Crippen LogP contribution >= 0.6 is 11.8 Å². The van der Waals surface area contributed by atoms with E-state index in [4.69, 9.17) is 0 Å². The molecular weight excluding hydrogens is 344 g/mol. The van der Waals surface area contributed by atoms with E-state index in [1.807, 2.05) is 6.07 Å². The largest absolute Gasteiger partial charge is 0.325 e. The Morgan fingerprint density at radius 3 is 2.75 bits per heavy atom. The number of nitrogens with one attached hydrogen (secondary N) is 2. The fourth-order valence-corrected chi connectivity index (χ4v) is 6.18. The van der Waals surface area contributed by atoms with Crippen molar-refractivity contribution in [1.82, 2.24) is 5.32 Å². The number of sulfone groups is 1. The molecule has 132 valence electrons. The molecule has 1 aromatic carbocycles. The topological polar surface area (TPSA) is 75.3 Å². The molecule has 3 rings (SSSR count). The van der Waals surface area contributed by atoms with E-state index < -0.39 is 9.84 Å². The summed E-state index contributed by atoms with van der Waals surface area (Å²) in [5.41, 5.74) is 1.40. The van der Waals surface area contributed by atoms with Crippen molar-refractivity contribution in [3.8, 4) is 0 Å². The molecule has 1 saturated carbocycles. The van der Waals surface area contributed by atoms with Crippen molar-refractivity contribution in [2.45, 2.75) is 49.1 Å². The van der Waals surface area contributed by atoms with E-state index in [-0.39, 0.29) is 23.0 Å². The van der Waals surface area contributed by atoms with Crippen molar-refractivity contribution >= 4 is 33.2 Å². The molecule has 1 saturated heterocycles. The molecule has 0 radical (unpaired) electrons. The number of rotatable bonds is 5. The third-order valence-corrected chi connectivity index (χ3v) is 7.82. The van der Waals surface area contributed by atoms with Crippen molar-refractivity contribution in [2.75, 3.05) is 16.9 Å². The predicted molar refractivity (Wildman–Crippen MR) is 98.8 cm³/mol. The smallest absolute Gasteiger partial charge is 0.242 e. The van der Waals surface area contributed by atoms with Crippen molar-refractivity contribution in [3.63, 3.8) is 0 Å². The average Bonchev–Trinajstić information content (AvgIpc) is 3.10. The Morgan fingerprint density at radius 2 is 2.04 bits per heavy atom. The van der Waals surface area contributed by atoms with Crippen LogP contribution in [0.5, 0.6) is 0 Å². The molecule has 2 aliphatic rings. The molecule has 5 nitrogen and oxygen atoms in total. The van der Waals surface area contributed by atoms with Gasteiger partial charge in [0, 0.05) is 17.3 Å². The van der Waals surface area contributed by atoms with Crippen molar-refractivity contribution in [2.24, 2.45) is 0 Å². The van der Waals surface area contributed by atoms with Crippen LogP contribution in [0.1, 0.15) is 37.7 Å². The van der Waals surface area contributed by atoms with E-state index in [0.29, 0.717) is 5.69 Å². The molecule has 1 amide bonds. The van der Waals surface area contributed by atoms with Gasteiger partial charge in [-0.3, -0.25) is 10.1 Å². The molecule has 24 heavy (non-hydrogen) atoms. The number of carbonyl (C=O) groups excluding carboxylic acids is 1. The molecule has 0 spiro atoms. The monoisotopic (exact) mass is 368 g/mol. The SMILES string of the molecule is O=C(Nc1cccc(CS(=O)(=O)C2CCCCC2)c1)C1CSCN1. The highest BCUT2D eigenvalue weighted by atomic mass is 32.2. The van der Waals surface area contributed by atoms with Crippen LogP contribution in [0.4, 0.5) is 5.69 Å². The Labute approximate surface area is 147 Å². The first-order valence-corrected chi connectivity index (χ1v) is 11.3. The van der Waals surface area contributed by atoms with Gasteiger partial charge in [-0.2, -0.15) is 0 Å². The minimum Gasteiger partial charge on any atom is -0.325 e. The number of thioether (sulfide) groups is 1. The Kier molecular flexibility index (Phi) is 5.84. The first kappa shape index (κ1) is 17.8. The van der Waals surface area contributed by atoms with Gasteiger partial charge in [0.1, 0.15) is 0 Å². The molecule has 1 unspecified atom stereocenters. The van der Waals surface area contributed by atoms with E-state index in [0.717, 1.165) is 49.3 Å². The highest BCUT2D eigenvalue weighted by Crippen LogP contribution is 2.26. The summed E-state index contributed by atoms with van der Waals surface area (Å²) in [4.78, 5) is 12.2. The van der Waals surface area contributed by atoms with Gasteiger partial charge in [0.2, 0.25) is 5.91 Å². The zero-order chi connectivity index (χ0) is 17.0. The molecule has 2 N–H and O–H groups in total. The van der Waals surface area contributed by atoms with Gasteiger partial charge in [0.05, 0.1) is 17.0 Å². The second-order valence-corrected chi connectivity index (χ2v) is 9.84. The van der Waals surface area contributed by atoms with Gasteiger partial charge in [0.15, 0.2) is 9.84 Å². The third kappa shape index (κ3) is 4.52. The van der Waals surface area contributed by atoms with Gasteiger partial charge in [-0.05, 0) is 30.5 Å². The zero-order valence-corrected chi connectivity index (χ0v) is 15.3. The van der Waals surface area contributed by atoms with E-state index in [1.165, 1.54) is 0 Å². The summed E-state index contributed by atoms with van der Waals surface area (Å²) in [6, 6.07) is 7.03. The first-order valence-electron chi connectivity index (χ1n) is 8.47. The highest BCUT2D eigenvalue weighted by molar-refractivity contribution is 7.99. The molecule has 2 fully saturated rings. The second-order valence-electron chi connectivity index (χ2n) is 6.53. The van der Waals surface area contributed by atoms with Crippen molar-refractivity contribution in [1.29, 1.82) is 0 Å². The van der Waals surface area contributed by atoms with Crippen LogP contribution in [0.2, 0.25) is 0 Å². The van der Waals surface area contributed by atoms with Gasteiger partial charge >= 0.3 is 0 Å². The first-order chi connectivity index (χ1) is 11.5. The quantitative estimate of drug-likeness (QED) is 0.835. The number of carbonyl (C=O) groups is 1. The number of anilines is 1. The summed E-state index contributed by atoms with van der Waals surface area (Å²) in [6.45, 7) is 0. The lowest BCUT2D eigenvalue weighted by molar-refractivity contribution is -0.117. The Bertz CT molecular complexity index is 679. The van der Waals surface area contributed by atoms with Gasteiger partial charge in [0.25, 0.3) is 0 Å². The lowest BCUT2D eigenvalue weighted by Gasteiger charge is -2.21. The van der Waals surface area contributed by atoms with Gasteiger partial charge in [-0.1, -0.05) is 31.4 Å². The number of hydrogen-bond donors (Lipinski definition) is 2. The number of hydrogen-bond acceptors (Lipinski definition) is 5. The molecule has 1 aliphatic heterocycles. The van der Waals surface area contributed by atoms with Crippen LogP contribution in [-0.4, -0.2) is 37.2 Å². The molecule has 0 bridgehead atoms. The van der Waals surface area contributed by atoms with E-state index in [1.54, 1.807) is 30.0 Å². The fraction of sp³-hybridized carbons (Fsp3) is 0.588. The maximum Gasteiger partial charge on any atom is 0.242 e. The summed E-state index contributed by atoms with van der Waals surface area (Å²) in [7, 11) is -3.13. The molecule has 0 aromatic heterocycles. The lowest BCUT2D eigenvalue weighted by Crippen LogP contribution is -2.37. The lowest BCUT2D eigenvalue weighted by atomic mass is 10.0. The number of amides is 1. The van der Waals surface area contributed by atoms with Crippen LogP contribution in [0.25, 0.3) is 0 Å². The highest BCUT2D eigenvalue weighted by Gasteiger charge is 2.27. The Morgan fingerprint density at radius 1 is 1.25 bits per heavy atom. The molecular formula is C17H24N2O3S2. The van der Waals surface area contributed by atoms with Crippen LogP contribution in [0.3, 0.4) is 0 Å². The van der Waals surface area contributed by atoms with Crippen LogP contribution in [0.15, 0.2) is 24.3 Å². The maximum absolute atomic E-state index is 12.6. The Balaban J connectivity index is 1.65. The van der Waals surface area contributed by atoms with E-state index in [9.17, 15) is 13.2 Å². The normalized spacial score (nSPS) is 22.4. The average molecular weight is 369 g/mol. The van der Waals surface area contributed by atoms with E-state index >= 15 is 0 Å². The Hall–Kier alpha value is -1.05. The number of benzene rings is 1.